The lowest BCUT2D eigenvalue weighted by atomic mass is 9.96. The number of carbonyl (C=O) groups excluding carboxylic acids is 1. The Kier molecular flexibility index (Phi) is 4.03. The van der Waals surface area contributed by atoms with Crippen molar-refractivity contribution in [2.24, 2.45) is 5.92 Å². The van der Waals surface area contributed by atoms with Crippen molar-refractivity contribution in [2.75, 3.05) is 11.9 Å². The third-order valence-corrected chi connectivity index (χ3v) is 3.03. The van der Waals surface area contributed by atoms with Gasteiger partial charge < -0.3 is 10.1 Å². The fourth-order valence-corrected chi connectivity index (χ4v) is 2.03. The van der Waals surface area contributed by atoms with Gasteiger partial charge in [-0.25, -0.2) is 0 Å². The SMILES string of the molecule is CCC(=O)C1=C(Nc2ccccc2)OCC(C)C1. The third kappa shape index (κ3) is 2.92. The van der Waals surface area contributed by atoms with Gasteiger partial charge in [0.25, 0.3) is 0 Å². The minimum Gasteiger partial charge on any atom is -0.478 e. The average molecular weight is 245 g/mol. The van der Waals surface area contributed by atoms with E-state index < -0.39 is 0 Å². The molecule has 3 nitrogen and oxygen atoms in total. The first-order valence-corrected chi connectivity index (χ1v) is 6.42. The summed E-state index contributed by atoms with van der Waals surface area (Å²) in [6, 6.07) is 9.79. The van der Waals surface area contributed by atoms with Crippen molar-refractivity contribution in [3.8, 4) is 0 Å². The van der Waals surface area contributed by atoms with Crippen LogP contribution in [0.3, 0.4) is 0 Å². The van der Waals surface area contributed by atoms with Crippen molar-refractivity contribution >= 4 is 11.5 Å². The Morgan fingerprint density at radius 2 is 2.11 bits per heavy atom. The predicted molar refractivity (Wildman–Crippen MR) is 72.1 cm³/mol. The fourth-order valence-electron chi connectivity index (χ4n) is 2.03. The fraction of sp³-hybridized carbons (Fsp3) is 0.400. The van der Waals surface area contributed by atoms with E-state index in [1.807, 2.05) is 37.3 Å². The number of rotatable bonds is 4. The molecule has 1 aromatic rings. The second-order valence-electron chi connectivity index (χ2n) is 4.70. The summed E-state index contributed by atoms with van der Waals surface area (Å²) in [5.74, 6) is 1.20. The first-order chi connectivity index (χ1) is 8.70. The molecule has 1 aliphatic rings. The van der Waals surface area contributed by atoms with E-state index in [0.29, 0.717) is 24.8 Å². The summed E-state index contributed by atoms with van der Waals surface area (Å²) >= 11 is 0. The molecule has 0 aromatic heterocycles. The molecule has 0 saturated carbocycles. The van der Waals surface area contributed by atoms with Gasteiger partial charge in [-0.05, 0) is 24.5 Å². The van der Waals surface area contributed by atoms with E-state index in [1.54, 1.807) is 0 Å². The number of anilines is 1. The second kappa shape index (κ2) is 5.71. The normalized spacial score (nSPS) is 19.3. The van der Waals surface area contributed by atoms with E-state index in [0.717, 1.165) is 17.7 Å². The van der Waals surface area contributed by atoms with Crippen LogP contribution in [0.5, 0.6) is 0 Å². The van der Waals surface area contributed by atoms with Gasteiger partial charge in [0, 0.05) is 12.1 Å². The van der Waals surface area contributed by atoms with Gasteiger partial charge in [-0.15, -0.1) is 0 Å². The highest BCUT2D eigenvalue weighted by Crippen LogP contribution is 2.26. The minimum atomic E-state index is 0.167. The summed E-state index contributed by atoms with van der Waals surface area (Å²) < 4.78 is 5.68. The van der Waals surface area contributed by atoms with E-state index >= 15 is 0 Å². The molecule has 3 heteroatoms. The van der Waals surface area contributed by atoms with Crippen LogP contribution < -0.4 is 5.32 Å². The molecule has 0 bridgehead atoms. The van der Waals surface area contributed by atoms with Crippen molar-refractivity contribution in [1.29, 1.82) is 0 Å². The van der Waals surface area contributed by atoms with Gasteiger partial charge in [0.2, 0.25) is 0 Å². The number of para-hydroxylation sites is 1. The van der Waals surface area contributed by atoms with Crippen LogP contribution in [0.4, 0.5) is 5.69 Å². The Morgan fingerprint density at radius 3 is 2.78 bits per heavy atom. The van der Waals surface area contributed by atoms with Gasteiger partial charge in [-0.2, -0.15) is 0 Å². The van der Waals surface area contributed by atoms with Crippen LogP contribution in [0.25, 0.3) is 0 Å². The van der Waals surface area contributed by atoms with Crippen LogP contribution in [0.1, 0.15) is 26.7 Å². The highest BCUT2D eigenvalue weighted by Gasteiger charge is 2.23. The zero-order chi connectivity index (χ0) is 13.0. The Labute approximate surface area is 108 Å². The van der Waals surface area contributed by atoms with E-state index in [-0.39, 0.29) is 5.78 Å². The van der Waals surface area contributed by atoms with Gasteiger partial charge in [0.15, 0.2) is 11.7 Å². The monoisotopic (exact) mass is 245 g/mol. The molecule has 1 aromatic carbocycles. The van der Waals surface area contributed by atoms with Crippen molar-refractivity contribution in [3.05, 3.63) is 41.8 Å². The van der Waals surface area contributed by atoms with Crippen LogP contribution in [0.2, 0.25) is 0 Å². The first kappa shape index (κ1) is 12.7. The molecule has 1 unspecified atom stereocenters. The zero-order valence-corrected chi connectivity index (χ0v) is 10.9. The lowest BCUT2D eigenvalue weighted by molar-refractivity contribution is -0.116. The van der Waals surface area contributed by atoms with Gasteiger partial charge in [-0.3, -0.25) is 4.79 Å². The summed E-state index contributed by atoms with van der Waals surface area (Å²) in [5, 5.41) is 3.20. The van der Waals surface area contributed by atoms with E-state index in [4.69, 9.17) is 4.74 Å². The minimum absolute atomic E-state index is 0.167. The molecular formula is C15H19NO2. The standard InChI is InChI=1S/C15H19NO2/c1-3-14(17)13-9-11(2)10-18-15(13)16-12-7-5-4-6-8-12/h4-8,11,16H,3,9-10H2,1-2H3. The summed E-state index contributed by atoms with van der Waals surface area (Å²) in [6.07, 6.45) is 1.31. The molecule has 1 N–H and O–H groups in total. The quantitative estimate of drug-likeness (QED) is 0.884. The summed E-state index contributed by atoms with van der Waals surface area (Å²) in [6.45, 7) is 4.65. The number of hydrogen-bond donors (Lipinski definition) is 1. The Hall–Kier alpha value is -1.77. The van der Waals surface area contributed by atoms with Crippen molar-refractivity contribution in [3.63, 3.8) is 0 Å². The zero-order valence-electron chi connectivity index (χ0n) is 10.9. The molecule has 0 radical (unpaired) electrons. The smallest absolute Gasteiger partial charge is 0.198 e. The van der Waals surface area contributed by atoms with E-state index in [2.05, 4.69) is 12.2 Å². The number of carbonyl (C=O) groups is 1. The number of ketones is 1. The van der Waals surface area contributed by atoms with Gasteiger partial charge in [-0.1, -0.05) is 32.0 Å². The molecule has 0 amide bonds. The topological polar surface area (TPSA) is 38.3 Å². The molecule has 0 fully saturated rings. The van der Waals surface area contributed by atoms with Crippen molar-refractivity contribution < 1.29 is 9.53 Å². The third-order valence-electron chi connectivity index (χ3n) is 3.03. The van der Waals surface area contributed by atoms with Gasteiger partial charge in [0.05, 0.1) is 12.2 Å². The van der Waals surface area contributed by atoms with Crippen LogP contribution >= 0.6 is 0 Å². The molecule has 0 saturated heterocycles. The maximum absolute atomic E-state index is 11.9. The van der Waals surface area contributed by atoms with Crippen molar-refractivity contribution in [2.45, 2.75) is 26.7 Å². The van der Waals surface area contributed by atoms with Crippen LogP contribution in [0.15, 0.2) is 41.8 Å². The molecule has 2 rings (SSSR count). The average Bonchev–Trinajstić information content (AvgIpc) is 2.41. The maximum atomic E-state index is 11.9. The number of hydrogen-bond acceptors (Lipinski definition) is 3. The molecular weight excluding hydrogens is 226 g/mol. The van der Waals surface area contributed by atoms with Crippen molar-refractivity contribution in [1.82, 2.24) is 0 Å². The Balaban J connectivity index is 2.23. The number of Topliss-reactive ketones (excluding diaryl/α,β-unsaturated/α-hetero) is 1. The van der Waals surface area contributed by atoms with Gasteiger partial charge >= 0.3 is 0 Å². The highest BCUT2D eigenvalue weighted by atomic mass is 16.5. The summed E-state index contributed by atoms with van der Waals surface area (Å²) in [4.78, 5) is 11.9. The van der Waals surface area contributed by atoms with Crippen LogP contribution in [-0.4, -0.2) is 12.4 Å². The molecule has 0 aliphatic carbocycles. The van der Waals surface area contributed by atoms with Gasteiger partial charge in [0.1, 0.15) is 0 Å². The number of allylic oxidation sites excluding steroid dienone is 1. The maximum Gasteiger partial charge on any atom is 0.198 e. The molecule has 1 aliphatic heterocycles. The lowest BCUT2D eigenvalue weighted by Crippen LogP contribution is -2.23. The number of nitrogens with one attached hydrogen (secondary N) is 1. The predicted octanol–water partition coefficient (Wildman–Crippen LogP) is 3.35. The molecule has 1 heterocycles. The Morgan fingerprint density at radius 1 is 1.39 bits per heavy atom. The molecule has 0 spiro atoms. The lowest BCUT2D eigenvalue weighted by Gasteiger charge is -2.25. The van der Waals surface area contributed by atoms with Crippen LogP contribution in [0, 0.1) is 5.92 Å². The van der Waals surface area contributed by atoms with E-state index in [1.165, 1.54) is 0 Å². The molecule has 96 valence electrons. The summed E-state index contributed by atoms with van der Waals surface area (Å²) in [5.41, 5.74) is 1.74. The second-order valence-corrected chi connectivity index (χ2v) is 4.70. The first-order valence-electron chi connectivity index (χ1n) is 6.42. The molecule has 18 heavy (non-hydrogen) atoms. The highest BCUT2D eigenvalue weighted by molar-refractivity contribution is 5.96. The molecule has 1 atom stereocenters. The van der Waals surface area contributed by atoms with Crippen LogP contribution in [-0.2, 0) is 9.53 Å². The number of benzene rings is 1. The largest absolute Gasteiger partial charge is 0.478 e. The summed E-state index contributed by atoms with van der Waals surface area (Å²) in [7, 11) is 0. The van der Waals surface area contributed by atoms with E-state index in [9.17, 15) is 4.79 Å². The number of ether oxygens (including phenoxy) is 1. The Bertz CT molecular complexity index is 451.